The summed E-state index contributed by atoms with van der Waals surface area (Å²) in [6, 6.07) is 7.43. The van der Waals surface area contributed by atoms with Crippen LogP contribution in [0.5, 0.6) is 5.75 Å². The smallest absolute Gasteiger partial charge is 0.118 e. The molecular formula is C10H13NO2. The summed E-state index contributed by atoms with van der Waals surface area (Å²) in [6.07, 6.45) is 0.711. The van der Waals surface area contributed by atoms with Crippen molar-refractivity contribution in [2.45, 2.75) is 13.3 Å². The Bertz CT molecular complexity index is 290. The Balaban J connectivity index is 2.91. The van der Waals surface area contributed by atoms with Crippen LogP contribution in [0.2, 0.25) is 0 Å². The van der Waals surface area contributed by atoms with E-state index in [1.807, 2.05) is 31.2 Å². The summed E-state index contributed by atoms with van der Waals surface area (Å²) < 4.78 is 5.01. The maximum atomic E-state index is 8.66. The number of methoxy groups -OCH3 is 1. The molecule has 0 atom stereocenters. The molecule has 1 N–H and O–H groups in total. The number of rotatable bonds is 3. The van der Waals surface area contributed by atoms with E-state index in [0.717, 1.165) is 11.3 Å². The molecule has 70 valence electrons. The standard InChI is InChI=1S/C10H13NO2/c1-3-10(11-12)8-4-6-9(13-2)7-5-8/h4-7,12H,3H2,1-2H3. The maximum absolute atomic E-state index is 8.66. The quantitative estimate of drug-likeness (QED) is 0.439. The first kappa shape index (κ1) is 9.58. The van der Waals surface area contributed by atoms with E-state index in [-0.39, 0.29) is 0 Å². The molecule has 1 rings (SSSR count). The van der Waals surface area contributed by atoms with Gasteiger partial charge in [-0.25, -0.2) is 0 Å². The second-order valence-electron chi connectivity index (χ2n) is 2.63. The Kier molecular flexibility index (Phi) is 3.31. The molecule has 0 bridgehead atoms. The molecule has 1 aromatic carbocycles. The Hall–Kier alpha value is -1.51. The molecule has 3 heteroatoms. The average Bonchev–Trinajstić information content (AvgIpc) is 2.21. The van der Waals surface area contributed by atoms with Gasteiger partial charge in [0.15, 0.2) is 0 Å². The first-order chi connectivity index (χ1) is 6.31. The lowest BCUT2D eigenvalue weighted by atomic mass is 10.1. The van der Waals surface area contributed by atoms with Crippen molar-refractivity contribution >= 4 is 5.71 Å². The molecular weight excluding hydrogens is 166 g/mol. The number of nitrogens with zero attached hydrogens (tertiary/aromatic N) is 1. The van der Waals surface area contributed by atoms with Gasteiger partial charge in [0.25, 0.3) is 0 Å². The van der Waals surface area contributed by atoms with Crippen LogP contribution in [0.1, 0.15) is 18.9 Å². The average molecular weight is 179 g/mol. The Labute approximate surface area is 77.6 Å². The molecule has 0 aromatic heterocycles. The number of hydrogen-bond acceptors (Lipinski definition) is 3. The third-order valence-corrected chi connectivity index (χ3v) is 1.88. The van der Waals surface area contributed by atoms with Crippen molar-refractivity contribution in [1.82, 2.24) is 0 Å². The van der Waals surface area contributed by atoms with E-state index in [0.29, 0.717) is 12.1 Å². The lowest BCUT2D eigenvalue weighted by Crippen LogP contribution is -1.98. The van der Waals surface area contributed by atoms with E-state index in [4.69, 9.17) is 9.94 Å². The van der Waals surface area contributed by atoms with Gasteiger partial charge in [0.05, 0.1) is 12.8 Å². The largest absolute Gasteiger partial charge is 0.497 e. The van der Waals surface area contributed by atoms with Gasteiger partial charge in [0.1, 0.15) is 5.75 Å². The third-order valence-electron chi connectivity index (χ3n) is 1.88. The van der Waals surface area contributed by atoms with Crippen molar-refractivity contribution in [1.29, 1.82) is 0 Å². The van der Waals surface area contributed by atoms with Gasteiger partial charge in [-0.2, -0.15) is 0 Å². The predicted octanol–water partition coefficient (Wildman–Crippen LogP) is 2.28. The van der Waals surface area contributed by atoms with Gasteiger partial charge in [0, 0.05) is 0 Å². The van der Waals surface area contributed by atoms with Crippen molar-refractivity contribution in [3.8, 4) is 5.75 Å². The minimum absolute atomic E-state index is 0.683. The highest BCUT2D eigenvalue weighted by atomic mass is 16.5. The second-order valence-corrected chi connectivity index (χ2v) is 2.63. The molecule has 0 radical (unpaired) electrons. The van der Waals surface area contributed by atoms with Crippen molar-refractivity contribution in [2.75, 3.05) is 7.11 Å². The van der Waals surface area contributed by atoms with Crippen molar-refractivity contribution in [3.63, 3.8) is 0 Å². The fourth-order valence-corrected chi connectivity index (χ4v) is 1.12. The second kappa shape index (κ2) is 4.50. The number of oxime groups is 1. The first-order valence-corrected chi connectivity index (χ1v) is 4.17. The van der Waals surface area contributed by atoms with Gasteiger partial charge in [-0.1, -0.05) is 12.1 Å². The van der Waals surface area contributed by atoms with E-state index in [9.17, 15) is 0 Å². The lowest BCUT2D eigenvalue weighted by Gasteiger charge is -2.02. The van der Waals surface area contributed by atoms with Crippen LogP contribution in [0.3, 0.4) is 0 Å². The number of ether oxygens (including phenoxy) is 1. The van der Waals surface area contributed by atoms with Crippen LogP contribution in [0, 0.1) is 0 Å². The zero-order valence-electron chi connectivity index (χ0n) is 7.82. The normalized spacial score (nSPS) is 11.4. The Morgan fingerprint density at radius 2 is 2.00 bits per heavy atom. The van der Waals surface area contributed by atoms with Crippen LogP contribution in [0.15, 0.2) is 29.4 Å². The fraction of sp³-hybridized carbons (Fsp3) is 0.300. The van der Waals surface area contributed by atoms with Gasteiger partial charge >= 0.3 is 0 Å². The topological polar surface area (TPSA) is 41.8 Å². The van der Waals surface area contributed by atoms with Crippen LogP contribution < -0.4 is 4.74 Å². The molecule has 0 amide bonds. The Morgan fingerprint density at radius 1 is 1.38 bits per heavy atom. The molecule has 0 heterocycles. The van der Waals surface area contributed by atoms with Crippen molar-refractivity contribution in [3.05, 3.63) is 29.8 Å². The van der Waals surface area contributed by atoms with Crippen LogP contribution >= 0.6 is 0 Å². The molecule has 13 heavy (non-hydrogen) atoms. The zero-order valence-corrected chi connectivity index (χ0v) is 7.82. The molecule has 0 unspecified atom stereocenters. The lowest BCUT2D eigenvalue weighted by molar-refractivity contribution is 0.318. The molecule has 1 aromatic rings. The monoisotopic (exact) mass is 179 g/mol. The van der Waals surface area contributed by atoms with E-state index in [1.165, 1.54) is 0 Å². The molecule has 0 aliphatic rings. The van der Waals surface area contributed by atoms with Crippen LogP contribution in [-0.4, -0.2) is 18.0 Å². The van der Waals surface area contributed by atoms with E-state index in [2.05, 4.69) is 5.16 Å². The highest BCUT2D eigenvalue weighted by Crippen LogP contribution is 2.12. The molecule has 0 aliphatic heterocycles. The summed E-state index contributed by atoms with van der Waals surface area (Å²) in [6.45, 7) is 1.94. The molecule has 0 saturated heterocycles. The molecule has 0 saturated carbocycles. The van der Waals surface area contributed by atoms with Gasteiger partial charge in [-0.15, -0.1) is 0 Å². The summed E-state index contributed by atoms with van der Waals surface area (Å²) in [5, 5.41) is 11.9. The molecule has 3 nitrogen and oxygen atoms in total. The highest BCUT2D eigenvalue weighted by molar-refractivity contribution is 6.00. The van der Waals surface area contributed by atoms with Gasteiger partial charge < -0.3 is 9.94 Å². The summed E-state index contributed by atoms with van der Waals surface area (Å²) in [4.78, 5) is 0. The summed E-state index contributed by atoms with van der Waals surface area (Å²) in [5.74, 6) is 0.803. The zero-order chi connectivity index (χ0) is 9.68. The fourth-order valence-electron chi connectivity index (χ4n) is 1.12. The summed E-state index contributed by atoms with van der Waals surface area (Å²) in [7, 11) is 1.62. The molecule has 0 spiro atoms. The summed E-state index contributed by atoms with van der Waals surface area (Å²) in [5.41, 5.74) is 1.61. The van der Waals surface area contributed by atoms with Gasteiger partial charge in [0.2, 0.25) is 0 Å². The summed E-state index contributed by atoms with van der Waals surface area (Å²) >= 11 is 0. The van der Waals surface area contributed by atoms with Crippen LogP contribution in [0.25, 0.3) is 0 Å². The van der Waals surface area contributed by atoms with E-state index in [1.54, 1.807) is 7.11 Å². The number of benzene rings is 1. The molecule has 0 aliphatic carbocycles. The van der Waals surface area contributed by atoms with Crippen LogP contribution in [-0.2, 0) is 0 Å². The van der Waals surface area contributed by atoms with E-state index >= 15 is 0 Å². The Morgan fingerprint density at radius 3 is 2.38 bits per heavy atom. The van der Waals surface area contributed by atoms with Crippen molar-refractivity contribution in [2.24, 2.45) is 5.16 Å². The highest BCUT2D eigenvalue weighted by Gasteiger charge is 2.00. The third kappa shape index (κ3) is 2.21. The minimum atomic E-state index is 0.683. The first-order valence-electron chi connectivity index (χ1n) is 4.17. The van der Waals surface area contributed by atoms with Crippen LogP contribution in [0.4, 0.5) is 0 Å². The van der Waals surface area contributed by atoms with Gasteiger partial charge in [-0.05, 0) is 36.2 Å². The number of hydrogen-bond donors (Lipinski definition) is 1. The van der Waals surface area contributed by atoms with E-state index < -0.39 is 0 Å². The van der Waals surface area contributed by atoms with Gasteiger partial charge in [-0.3, -0.25) is 0 Å². The maximum Gasteiger partial charge on any atom is 0.118 e. The molecule has 0 fully saturated rings. The van der Waals surface area contributed by atoms with Crippen molar-refractivity contribution < 1.29 is 9.94 Å². The SMILES string of the molecule is CCC(=NO)c1ccc(OC)cc1. The minimum Gasteiger partial charge on any atom is -0.497 e. The predicted molar refractivity (Wildman–Crippen MR) is 51.6 cm³/mol.